The van der Waals surface area contributed by atoms with Crippen molar-refractivity contribution in [3.05, 3.63) is 0 Å². The van der Waals surface area contributed by atoms with E-state index in [0.717, 1.165) is 13.0 Å². The van der Waals surface area contributed by atoms with E-state index in [1.807, 2.05) is 0 Å². The topological polar surface area (TPSA) is 18.5 Å². The van der Waals surface area contributed by atoms with E-state index in [4.69, 9.17) is 21.1 Å². The summed E-state index contributed by atoms with van der Waals surface area (Å²) in [5.41, 5.74) is 0. The Kier molecular flexibility index (Phi) is 5.74. The van der Waals surface area contributed by atoms with E-state index in [1.54, 1.807) is 0 Å². The molecule has 0 N–H and O–H groups in total. The molecule has 1 heterocycles. The zero-order valence-electron chi connectivity index (χ0n) is 7.43. The second-order valence-electron chi connectivity index (χ2n) is 3.06. The lowest BCUT2D eigenvalue weighted by Gasteiger charge is -2.20. The van der Waals surface area contributed by atoms with Crippen molar-refractivity contribution in [3.8, 4) is 0 Å². The fraction of sp³-hybridized carbons (Fsp3) is 1.00. The lowest BCUT2D eigenvalue weighted by molar-refractivity contribution is -0.146. The lowest BCUT2D eigenvalue weighted by Crippen LogP contribution is -2.20. The smallest absolute Gasteiger partial charge is 0.157 e. The summed E-state index contributed by atoms with van der Waals surface area (Å²) >= 11 is 5.51. The van der Waals surface area contributed by atoms with Gasteiger partial charge in [-0.1, -0.05) is 12.8 Å². The fourth-order valence-electron chi connectivity index (χ4n) is 1.37. The Hall–Kier alpha value is 0.210. The standard InChI is InChI=1S/C9H17ClO2/c10-6-8-12-9-5-3-1-2-4-7-11-9/h9H,1-8H2. The zero-order valence-corrected chi connectivity index (χ0v) is 8.18. The number of ether oxygens (including phenoxy) is 2. The summed E-state index contributed by atoms with van der Waals surface area (Å²) in [5, 5.41) is 0. The SMILES string of the molecule is ClCCOC1CCCCCCO1. The van der Waals surface area contributed by atoms with Crippen LogP contribution in [-0.4, -0.2) is 25.4 Å². The average molecular weight is 193 g/mol. The monoisotopic (exact) mass is 192 g/mol. The highest BCUT2D eigenvalue weighted by atomic mass is 35.5. The molecule has 12 heavy (non-hydrogen) atoms. The second-order valence-corrected chi connectivity index (χ2v) is 3.44. The Morgan fingerprint density at radius 3 is 2.92 bits per heavy atom. The molecule has 2 nitrogen and oxygen atoms in total. The van der Waals surface area contributed by atoms with E-state index in [0.29, 0.717) is 12.5 Å². The molecule has 1 aliphatic rings. The largest absolute Gasteiger partial charge is 0.353 e. The minimum atomic E-state index is 0.00375. The second kappa shape index (κ2) is 6.70. The molecule has 1 fully saturated rings. The number of hydrogen-bond acceptors (Lipinski definition) is 2. The number of hydrogen-bond donors (Lipinski definition) is 0. The van der Waals surface area contributed by atoms with Crippen LogP contribution in [0.5, 0.6) is 0 Å². The lowest BCUT2D eigenvalue weighted by atomic mass is 10.1. The van der Waals surface area contributed by atoms with E-state index >= 15 is 0 Å². The molecule has 0 amide bonds. The van der Waals surface area contributed by atoms with Gasteiger partial charge in [0.05, 0.1) is 6.61 Å². The maximum Gasteiger partial charge on any atom is 0.157 e. The van der Waals surface area contributed by atoms with Crippen LogP contribution < -0.4 is 0 Å². The van der Waals surface area contributed by atoms with Gasteiger partial charge in [0, 0.05) is 12.5 Å². The molecule has 1 atom stereocenters. The van der Waals surface area contributed by atoms with E-state index in [1.165, 1.54) is 25.7 Å². The molecule has 72 valence electrons. The average Bonchev–Trinajstić information content (AvgIpc) is 2.02. The molecule has 0 aliphatic carbocycles. The first kappa shape index (κ1) is 10.3. The van der Waals surface area contributed by atoms with Crippen molar-refractivity contribution in [1.29, 1.82) is 0 Å². The van der Waals surface area contributed by atoms with Crippen molar-refractivity contribution >= 4 is 11.6 Å². The van der Waals surface area contributed by atoms with Crippen LogP contribution in [0.15, 0.2) is 0 Å². The van der Waals surface area contributed by atoms with Crippen LogP contribution in [0.2, 0.25) is 0 Å². The fourth-order valence-corrected chi connectivity index (χ4v) is 1.46. The van der Waals surface area contributed by atoms with Gasteiger partial charge < -0.3 is 9.47 Å². The predicted molar refractivity (Wildman–Crippen MR) is 49.5 cm³/mol. The van der Waals surface area contributed by atoms with Crippen molar-refractivity contribution in [2.45, 2.75) is 38.4 Å². The molecule has 1 saturated heterocycles. The van der Waals surface area contributed by atoms with Crippen LogP contribution in [0, 0.1) is 0 Å². The number of rotatable bonds is 3. The third-order valence-corrected chi connectivity index (χ3v) is 2.17. The molecule has 1 rings (SSSR count). The summed E-state index contributed by atoms with van der Waals surface area (Å²) in [4.78, 5) is 0. The van der Waals surface area contributed by atoms with Crippen molar-refractivity contribution in [2.24, 2.45) is 0 Å². The Morgan fingerprint density at radius 1 is 1.25 bits per heavy atom. The van der Waals surface area contributed by atoms with E-state index in [-0.39, 0.29) is 6.29 Å². The third-order valence-electron chi connectivity index (χ3n) is 2.02. The van der Waals surface area contributed by atoms with Crippen LogP contribution >= 0.6 is 11.6 Å². The van der Waals surface area contributed by atoms with E-state index < -0.39 is 0 Å². The molecule has 0 aromatic heterocycles. The highest BCUT2D eigenvalue weighted by Crippen LogP contribution is 2.14. The summed E-state index contributed by atoms with van der Waals surface area (Å²) < 4.78 is 10.9. The molecule has 1 aliphatic heterocycles. The first-order chi connectivity index (χ1) is 5.93. The van der Waals surface area contributed by atoms with Gasteiger partial charge in [-0.15, -0.1) is 11.6 Å². The Labute approximate surface area is 79.2 Å². The van der Waals surface area contributed by atoms with Crippen LogP contribution in [-0.2, 0) is 9.47 Å². The Bertz CT molecular complexity index is 97.9. The van der Waals surface area contributed by atoms with Crippen molar-refractivity contribution in [2.75, 3.05) is 19.1 Å². The molecule has 0 spiro atoms. The number of halogens is 1. The van der Waals surface area contributed by atoms with Crippen LogP contribution in [0.1, 0.15) is 32.1 Å². The van der Waals surface area contributed by atoms with E-state index in [2.05, 4.69) is 0 Å². The normalized spacial score (nSPS) is 26.2. The summed E-state index contributed by atoms with van der Waals surface area (Å²) in [6.07, 6.45) is 6.01. The first-order valence-electron chi connectivity index (χ1n) is 4.72. The van der Waals surface area contributed by atoms with Gasteiger partial charge in [-0.2, -0.15) is 0 Å². The van der Waals surface area contributed by atoms with Crippen LogP contribution in [0.25, 0.3) is 0 Å². The summed E-state index contributed by atoms with van der Waals surface area (Å²) in [6.45, 7) is 1.44. The third kappa shape index (κ3) is 4.29. The summed E-state index contributed by atoms with van der Waals surface area (Å²) in [7, 11) is 0. The van der Waals surface area contributed by atoms with Crippen LogP contribution in [0.4, 0.5) is 0 Å². The summed E-state index contributed by atoms with van der Waals surface area (Å²) in [6, 6.07) is 0. The van der Waals surface area contributed by atoms with Gasteiger partial charge in [0.25, 0.3) is 0 Å². The number of alkyl halides is 1. The highest BCUT2D eigenvalue weighted by Gasteiger charge is 2.10. The van der Waals surface area contributed by atoms with Gasteiger partial charge in [0.1, 0.15) is 0 Å². The van der Waals surface area contributed by atoms with Gasteiger partial charge >= 0.3 is 0 Å². The minimum Gasteiger partial charge on any atom is -0.353 e. The molecule has 1 unspecified atom stereocenters. The summed E-state index contributed by atoms with van der Waals surface area (Å²) in [5.74, 6) is 0.555. The zero-order chi connectivity index (χ0) is 8.65. The molecule has 0 aromatic carbocycles. The Morgan fingerprint density at radius 2 is 2.08 bits per heavy atom. The van der Waals surface area contributed by atoms with Crippen molar-refractivity contribution in [3.63, 3.8) is 0 Å². The van der Waals surface area contributed by atoms with Gasteiger partial charge in [-0.05, 0) is 19.3 Å². The van der Waals surface area contributed by atoms with Crippen LogP contribution in [0.3, 0.4) is 0 Å². The van der Waals surface area contributed by atoms with Crippen molar-refractivity contribution < 1.29 is 9.47 Å². The molecule has 0 aromatic rings. The molecular weight excluding hydrogens is 176 g/mol. The van der Waals surface area contributed by atoms with E-state index in [9.17, 15) is 0 Å². The van der Waals surface area contributed by atoms with Gasteiger partial charge in [-0.3, -0.25) is 0 Å². The Balaban J connectivity index is 2.11. The van der Waals surface area contributed by atoms with Gasteiger partial charge in [-0.25, -0.2) is 0 Å². The van der Waals surface area contributed by atoms with Gasteiger partial charge in [0.15, 0.2) is 6.29 Å². The molecule has 3 heteroatoms. The highest BCUT2D eigenvalue weighted by molar-refractivity contribution is 6.17. The molecule has 0 saturated carbocycles. The van der Waals surface area contributed by atoms with Crippen molar-refractivity contribution in [1.82, 2.24) is 0 Å². The maximum atomic E-state index is 5.51. The maximum absolute atomic E-state index is 5.51. The minimum absolute atomic E-state index is 0.00375. The first-order valence-corrected chi connectivity index (χ1v) is 5.26. The predicted octanol–water partition coefficient (Wildman–Crippen LogP) is 2.55. The molecule has 0 radical (unpaired) electrons. The quantitative estimate of drug-likeness (QED) is 0.640. The van der Waals surface area contributed by atoms with Gasteiger partial charge in [0.2, 0.25) is 0 Å². The molecular formula is C9H17ClO2. The molecule has 0 bridgehead atoms.